The zero-order chi connectivity index (χ0) is 32.6. The monoisotopic (exact) mass is 639 g/mol. The predicted molar refractivity (Wildman–Crippen MR) is 154 cm³/mol. The summed E-state index contributed by atoms with van der Waals surface area (Å²) in [4.78, 5) is 12.7. The highest BCUT2D eigenvalue weighted by atomic mass is 16.7. The van der Waals surface area contributed by atoms with E-state index in [1.807, 2.05) is 0 Å². The highest BCUT2D eigenvalue weighted by molar-refractivity contribution is 5.80. The first kappa shape index (κ1) is 37.3. The van der Waals surface area contributed by atoms with Crippen LogP contribution in [0.5, 0.6) is 0 Å². The Morgan fingerprint density at radius 1 is 0.886 bits per heavy atom. The molecule has 0 aromatic heterocycles. The van der Waals surface area contributed by atoms with Gasteiger partial charge in [-0.15, -0.1) is 0 Å². The zero-order valence-corrected chi connectivity index (χ0v) is 24.8. The van der Waals surface area contributed by atoms with Crippen LogP contribution >= 0.6 is 0 Å². The number of nitrogens with one attached hydrogen (secondary N) is 2. The van der Waals surface area contributed by atoms with Gasteiger partial charge in [-0.25, -0.2) is 0 Å². The molecule has 15 atom stereocenters. The van der Waals surface area contributed by atoms with Crippen molar-refractivity contribution in [3.8, 4) is 0 Å². The minimum Gasteiger partial charge on any atom is -0.394 e. The molecule has 44 heavy (non-hydrogen) atoms. The zero-order valence-electron chi connectivity index (χ0n) is 24.8. The fraction of sp³-hybridized carbons (Fsp3) is 0.962. The topological polar surface area (TPSA) is 330 Å². The quantitative estimate of drug-likeness (QED) is 0.0791. The highest BCUT2D eigenvalue weighted by Crippen LogP contribution is 2.32. The smallest absolute Gasteiger partial charge is 0.249 e. The normalized spacial score (nSPS) is 41.2. The number of hydrogen-bond acceptors (Lipinski definition) is 17. The fourth-order valence-corrected chi connectivity index (χ4v) is 5.78. The van der Waals surface area contributed by atoms with Gasteiger partial charge in [0.2, 0.25) is 5.91 Å². The number of aliphatic hydroxyl groups is 6. The first-order valence-corrected chi connectivity index (χ1v) is 15.2. The lowest BCUT2D eigenvalue weighted by atomic mass is 9.83. The standard InChI is InChI=1S/C26H53N7O11/c27-5-3-11(35)9-32-14-2-1-12(8-29)41-25(14)43-22-13(30)7-15(33-24(40)16(36)4-6-28)23(21(22)39)44-26-20(38)18(31)19(37)17(10-34)42-26/h11-23,25-26,32,34-39H,1-10,27-31H2,(H,33,40)/t11?,12-,13-,14+,15+,16-,17+,18-,19+,20+,21-,22?,23-,25+,26+/m0/s1. The maximum absolute atomic E-state index is 12.7. The molecule has 2 unspecified atom stereocenters. The summed E-state index contributed by atoms with van der Waals surface area (Å²) >= 11 is 0. The third-order valence-electron chi connectivity index (χ3n) is 8.44. The molecule has 18 nitrogen and oxygen atoms in total. The number of rotatable bonds is 15. The van der Waals surface area contributed by atoms with Crippen molar-refractivity contribution in [3.63, 3.8) is 0 Å². The summed E-state index contributed by atoms with van der Waals surface area (Å²) in [5.74, 6) is -0.778. The van der Waals surface area contributed by atoms with Gasteiger partial charge >= 0.3 is 0 Å². The van der Waals surface area contributed by atoms with E-state index in [1.165, 1.54) is 0 Å². The van der Waals surface area contributed by atoms with Crippen molar-refractivity contribution in [2.24, 2.45) is 28.7 Å². The second kappa shape index (κ2) is 17.7. The molecule has 1 aliphatic carbocycles. The average molecular weight is 640 g/mol. The summed E-state index contributed by atoms with van der Waals surface area (Å²) in [6, 6.07) is -3.54. The molecule has 3 fully saturated rings. The van der Waals surface area contributed by atoms with E-state index in [0.29, 0.717) is 25.8 Å². The lowest BCUT2D eigenvalue weighted by molar-refractivity contribution is -0.314. The number of carbonyl (C=O) groups excluding carboxylic acids is 1. The molecule has 0 spiro atoms. The van der Waals surface area contributed by atoms with Crippen LogP contribution in [0.25, 0.3) is 0 Å². The summed E-state index contributed by atoms with van der Waals surface area (Å²) in [6.07, 6.45) is -11.5. The Kier molecular flexibility index (Phi) is 15.0. The second-order valence-electron chi connectivity index (χ2n) is 11.8. The van der Waals surface area contributed by atoms with Crippen LogP contribution in [0.2, 0.25) is 0 Å². The molecule has 258 valence electrons. The Hall–Kier alpha value is -1.17. The first-order chi connectivity index (χ1) is 20.9. The Labute approximate surface area is 256 Å². The van der Waals surface area contributed by atoms with Crippen molar-refractivity contribution in [1.29, 1.82) is 0 Å². The van der Waals surface area contributed by atoms with E-state index >= 15 is 0 Å². The van der Waals surface area contributed by atoms with E-state index in [-0.39, 0.29) is 38.6 Å². The third-order valence-corrected chi connectivity index (χ3v) is 8.44. The molecule has 1 amide bonds. The third kappa shape index (κ3) is 9.44. The van der Waals surface area contributed by atoms with E-state index in [0.717, 1.165) is 0 Å². The summed E-state index contributed by atoms with van der Waals surface area (Å²) in [6.45, 7) is 0.171. The maximum Gasteiger partial charge on any atom is 0.249 e. The van der Waals surface area contributed by atoms with Crippen LogP contribution < -0.4 is 39.3 Å². The van der Waals surface area contributed by atoms with Gasteiger partial charge in [-0.1, -0.05) is 0 Å². The Balaban J connectivity index is 1.83. The van der Waals surface area contributed by atoms with Crippen molar-refractivity contribution in [2.45, 2.75) is 124 Å². The van der Waals surface area contributed by atoms with Crippen molar-refractivity contribution in [2.75, 3.05) is 32.8 Å². The number of carbonyl (C=O) groups is 1. The lowest BCUT2D eigenvalue weighted by Gasteiger charge is -2.48. The molecule has 0 aromatic carbocycles. The van der Waals surface area contributed by atoms with Gasteiger partial charge in [-0.05, 0) is 45.2 Å². The SMILES string of the molecule is NCCC(O)CN[C@@H]1CC[C@@H](CN)O[C@@H]1OC1[C@@H](N)C[C@@H](NC(=O)[C@@H](O)CCN)[C@H](O[C@H]2O[C@H](CO)[C@@H](O)[C@H](N)[C@H]2O)[C@H]1O. The van der Waals surface area contributed by atoms with Crippen LogP contribution in [0, 0.1) is 0 Å². The number of hydrogen-bond donors (Lipinski definition) is 13. The number of nitrogens with two attached hydrogens (primary N) is 5. The summed E-state index contributed by atoms with van der Waals surface area (Å²) < 4.78 is 23.9. The van der Waals surface area contributed by atoms with E-state index in [1.54, 1.807) is 0 Å². The van der Waals surface area contributed by atoms with E-state index < -0.39 is 98.1 Å². The van der Waals surface area contributed by atoms with Crippen LogP contribution in [0.4, 0.5) is 0 Å². The molecule has 0 bridgehead atoms. The van der Waals surface area contributed by atoms with Crippen molar-refractivity contribution < 1.29 is 54.4 Å². The molecule has 18 heteroatoms. The van der Waals surface area contributed by atoms with Gasteiger partial charge in [0.15, 0.2) is 12.6 Å². The predicted octanol–water partition coefficient (Wildman–Crippen LogP) is -7.06. The molecule has 2 heterocycles. The molecular formula is C26H53N7O11. The van der Waals surface area contributed by atoms with Crippen LogP contribution in [0.3, 0.4) is 0 Å². The first-order valence-electron chi connectivity index (χ1n) is 15.2. The molecule has 0 aromatic rings. The molecule has 2 saturated heterocycles. The molecule has 1 saturated carbocycles. The van der Waals surface area contributed by atoms with Crippen LogP contribution in [-0.2, 0) is 23.7 Å². The van der Waals surface area contributed by atoms with Gasteiger partial charge in [-0.2, -0.15) is 0 Å². The largest absolute Gasteiger partial charge is 0.394 e. The van der Waals surface area contributed by atoms with Crippen molar-refractivity contribution >= 4 is 5.91 Å². The average Bonchev–Trinajstić information content (AvgIpc) is 3.00. The van der Waals surface area contributed by atoms with E-state index in [4.69, 9.17) is 47.6 Å². The molecular weight excluding hydrogens is 586 g/mol. The molecule has 0 radical (unpaired) electrons. The van der Waals surface area contributed by atoms with Gasteiger partial charge in [0.1, 0.15) is 42.7 Å². The molecule has 3 rings (SSSR count). The number of ether oxygens (including phenoxy) is 4. The Morgan fingerprint density at radius 3 is 2.20 bits per heavy atom. The molecule has 18 N–H and O–H groups in total. The Bertz CT molecular complexity index is 867. The number of aliphatic hydroxyl groups excluding tert-OH is 6. The van der Waals surface area contributed by atoms with Crippen molar-refractivity contribution in [1.82, 2.24) is 10.6 Å². The van der Waals surface area contributed by atoms with Crippen molar-refractivity contribution in [3.05, 3.63) is 0 Å². The van der Waals surface area contributed by atoms with Crippen LogP contribution in [-0.4, -0.2) is 161 Å². The second-order valence-corrected chi connectivity index (χ2v) is 11.8. The minimum atomic E-state index is -1.57. The van der Waals surface area contributed by atoms with E-state index in [2.05, 4.69) is 10.6 Å². The summed E-state index contributed by atoms with van der Waals surface area (Å²) in [5, 5.41) is 68.4. The summed E-state index contributed by atoms with van der Waals surface area (Å²) in [7, 11) is 0. The fourth-order valence-electron chi connectivity index (χ4n) is 5.78. The van der Waals surface area contributed by atoms with Crippen LogP contribution in [0.15, 0.2) is 0 Å². The highest BCUT2D eigenvalue weighted by Gasteiger charge is 2.51. The Morgan fingerprint density at radius 2 is 1.57 bits per heavy atom. The summed E-state index contributed by atoms with van der Waals surface area (Å²) in [5.41, 5.74) is 29.3. The minimum absolute atomic E-state index is 0.00521. The number of amides is 1. The van der Waals surface area contributed by atoms with Gasteiger partial charge in [0.25, 0.3) is 0 Å². The molecule has 2 aliphatic heterocycles. The molecule has 3 aliphatic rings. The van der Waals surface area contributed by atoms with Gasteiger partial charge < -0.3 is 88.9 Å². The van der Waals surface area contributed by atoms with E-state index in [9.17, 15) is 35.4 Å². The lowest BCUT2D eigenvalue weighted by Crippen LogP contribution is -2.69. The van der Waals surface area contributed by atoms with Gasteiger partial charge in [0, 0.05) is 19.1 Å². The maximum atomic E-state index is 12.7. The van der Waals surface area contributed by atoms with Gasteiger partial charge in [-0.3, -0.25) is 4.79 Å². The van der Waals surface area contributed by atoms with Crippen LogP contribution in [0.1, 0.15) is 32.1 Å². The van der Waals surface area contributed by atoms with Gasteiger partial charge in [0.05, 0.1) is 36.9 Å².